The van der Waals surface area contributed by atoms with E-state index in [9.17, 15) is 20.2 Å². The van der Waals surface area contributed by atoms with Gasteiger partial charge in [-0.3, -0.25) is 20.2 Å². The molecular formula is C23H18N4O5S. The van der Waals surface area contributed by atoms with Crippen molar-refractivity contribution in [1.29, 1.82) is 0 Å². The zero-order valence-electron chi connectivity index (χ0n) is 17.6. The number of nitro groups is 2. The number of hydrogen-bond acceptors (Lipinski definition) is 8. The minimum atomic E-state index is -0.474. The Morgan fingerprint density at radius 1 is 0.939 bits per heavy atom. The maximum absolute atomic E-state index is 11.7. The van der Waals surface area contributed by atoms with Gasteiger partial charge in [0.2, 0.25) is 0 Å². The molecule has 0 amide bonds. The molecule has 4 rings (SSSR count). The van der Waals surface area contributed by atoms with E-state index in [1.807, 2.05) is 25.1 Å². The predicted octanol–water partition coefficient (Wildman–Crippen LogP) is 5.34. The highest BCUT2D eigenvalue weighted by atomic mass is 32.2. The van der Waals surface area contributed by atoms with Crippen LogP contribution in [-0.4, -0.2) is 22.8 Å². The molecule has 33 heavy (non-hydrogen) atoms. The van der Waals surface area contributed by atoms with E-state index < -0.39 is 9.85 Å². The van der Waals surface area contributed by atoms with Gasteiger partial charge in [0.05, 0.1) is 33.1 Å². The third kappa shape index (κ3) is 4.41. The second-order valence-electron chi connectivity index (χ2n) is 7.10. The Morgan fingerprint density at radius 2 is 1.67 bits per heavy atom. The molecule has 0 radical (unpaired) electrons. The number of nitrogens with zero attached hydrogens (tertiary/aromatic N) is 3. The summed E-state index contributed by atoms with van der Waals surface area (Å²) in [6.07, 6.45) is 0. The summed E-state index contributed by atoms with van der Waals surface area (Å²) in [5.74, 6) is 1.14. The molecule has 0 saturated heterocycles. The van der Waals surface area contributed by atoms with Crippen molar-refractivity contribution in [3.8, 4) is 5.75 Å². The van der Waals surface area contributed by atoms with E-state index in [0.717, 1.165) is 16.0 Å². The average Bonchev–Trinajstić information content (AvgIpc) is 2.83. The van der Waals surface area contributed by atoms with E-state index in [4.69, 9.17) is 9.73 Å². The number of amidine groups is 1. The van der Waals surface area contributed by atoms with Gasteiger partial charge in [0.25, 0.3) is 11.4 Å². The predicted molar refractivity (Wildman–Crippen MR) is 128 cm³/mol. The van der Waals surface area contributed by atoms with Crippen molar-refractivity contribution in [2.24, 2.45) is 4.99 Å². The molecule has 0 aromatic heterocycles. The van der Waals surface area contributed by atoms with Gasteiger partial charge in [-0.2, -0.15) is 0 Å². The molecule has 1 aliphatic heterocycles. The molecule has 166 valence electrons. The zero-order valence-corrected chi connectivity index (χ0v) is 18.5. The third-order valence-corrected chi connectivity index (χ3v) is 5.99. The van der Waals surface area contributed by atoms with Crippen LogP contribution in [-0.2, 0) is 0 Å². The van der Waals surface area contributed by atoms with Crippen LogP contribution in [0.1, 0.15) is 22.3 Å². The van der Waals surface area contributed by atoms with Crippen LogP contribution in [0.3, 0.4) is 0 Å². The van der Waals surface area contributed by atoms with Gasteiger partial charge in [-0.25, -0.2) is 4.99 Å². The quantitative estimate of drug-likeness (QED) is 0.298. The average molecular weight is 462 g/mol. The van der Waals surface area contributed by atoms with Crippen molar-refractivity contribution in [2.45, 2.75) is 6.92 Å². The number of aryl methyl sites for hydroxylation is 1. The molecule has 0 unspecified atom stereocenters. The van der Waals surface area contributed by atoms with Gasteiger partial charge >= 0.3 is 0 Å². The number of non-ortho nitro benzene ring substituents is 1. The normalized spacial score (nSPS) is 13.2. The van der Waals surface area contributed by atoms with E-state index >= 15 is 0 Å². The molecule has 0 spiro atoms. The van der Waals surface area contributed by atoms with Crippen molar-refractivity contribution in [3.63, 3.8) is 0 Å². The number of benzene rings is 3. The molecule has 1 aliphatic rings. The number of methoxy groups -OCH3 is 1. The summed E-state index contributed by atoms with van der Waals surface area (Å²) in [5, 5.41) is 22.7. The van der Waals surface area contributed by atoms with Crippen LogP contribution >= 0.6 is 11.9 Å². The highest BCUT2D eigenvalue weighted by molar-refractivity contribution is 8.07. The van der Waals surface area contributed by atoms with Gasteiger partial charge in [0.1, 0.15) is 11.6 Å². The lowest BCUT2D eigenvalue weighted by Gasteiger charge is -2.22. The monoisotopic (exact) mass is 462 g/mol. The van der Waals surface area contributed by atoms with Gasteiger partial charge in [-0.15, -0.1) is 0 Å². The topological polar surface area (TPSA) is 120 Å². The molecule has 3 aromatic carbocycles. The standard InChI is InChI=1S/C23H18N4O5S/c1-14-13-17(32-2)11-12-18(14)22-21(19-5-3-4-6-20(19)27(30)31)24-23(25-33-22)15-7-9-16(10-8-15)26(28)29/h3-13H,1-2H3,(H,24,25). The van der Waals surface area contributed by atoms with Gasteiger partial charge in [0, 0.05) is 23.8 Å². The van der Waals surface area contributed by atoms with Crippen LogP contribution < -0.4 is 9.46 Å². The number of rotatable bonds is 6. The van der Waals surface area contributed by atoms with E-state index in [2.05, 4.69) is 4.72 Å². The summed E-state index contributed by atoms with van der Waals surface area (Å²) in [6.45, 7) is 1.93. The number of para-hydroxylation sites is 1. The fourth-order valence-corrected chi connectivity index (χ4v) is 4.37. The number of ether oxygens (including phenoxy) is 1. The Morgan fingerprint density at radius 3 is 2.30 bits per heavy atom. The first-order valence-corrected chi connectivity index (χ1v) is 10.6. The molecule has 0 bridgehead atoms. The van der Waals surface area contributed by atoms with E-state index in [1.54, 1.807) is 37.4 Å². The Balaban J connectivity index is 1.91. The fourth-order valence-electron chi connectivity index (χ4n) is 3.41. The van der Waals surface area contributed by atoms with Crippen molar-refractivity contribution < 1.29 is 14.6 Å². The smallest absolute Gasteiger partial charge is 0.278 e. The Labute approximate surface area is 193 Å². The highest BCUT2D eigenvalue weighted by Crippen LogP contribution is 2.42. The minimum Gasteiger partial charge on any atom is -0.497 e. The summed E-state index contributed by atoms with van der Waals surface area (Å²) in [6, 6.07) is 18.0. The van der Waals surface area contributed by atoms with Gasteiger partial charge in [-0.05, 0) is 66.4 Å². The second kappa shape index (κ2) is 9.13. The van der Waals surface area contributed by atoms with Crippen molar-refractivity contribution in [2.75, 3.05) is 7.11 Å². The number of aliphatic imine (C=N–C) groups is 1. The van der Waals surface area contributed by atoms with Crippen molar-refractivity contribution in [3.05, 3.63) is 109 Å². The Kier molecular flexibility index (Phi) is 6.09. The van der Waals surface area contributed by atoms with Gasteiger partial charge in [-0.1, -0.05) is 12.1 Å². The summed E-state index contributed by atoms with van der Waals surface area (Å²) in [4.78, 5) is 27.3. The number of hydrogen-bond donors (Lipinski definition) is 1. The molecule has 0 saturated carbocycles. The largest absolute Gasteiger partial charge is 0.497 e. The molecule has 0 aliphatic carbocycles. The summed E-state index contributed by atoms with van der Waals surface area (Å²) in [7, 11) is 1.59. The molecule has 0 atom stereocenters. The maximum Gasteiger partial charge on any atom is 0.278 e. The maximum atomic E-state index is 11.7. The molecular weight excluding hydrogens is 444 g/mol. The second-order valence-corrected chi connectivity index (χ2v) is 7.92. The lowest BCUT2D eigenvalue weighted by atomic mass is 10.0. The van der Waals surface area contributed by atoms with Crippen LogP contribution in [0.4, 0.5) is 11.4 Å². The number of nitro benzene ring substituents is 2. The van der Waals surface area contributed by atoms with Crippen molar-refractivity contribution in [1.82, 2.24) is 4.72 Å². The van der Waals surface area contributed by atoms with Crippen LogP contribution in [0.5, 0.6) is 5.75 Å². The SMILES string of the molecule is COc1ccc(C2=C(c3ccccc3[N+](=O)[O-])N=C(c3ccc([N+](=O)[O-])cc3)NS2)c(C)c1. The molecule has 0 fully saturated rings. The Bertz CT molecular complexity index is 1320. The minimum absolute atomic E-state index is 0.0354. The highest BCUT2D eigenvalue weighted by Gasteiger charge is 2.26. The third-order valence-electron chi connectivity index (χ3n) is 5.07. The number of nitrogens with one attached hydrogen (secondary N) is 1. The molecule has 10 heteroatoms. The van der Waals surface area contributed by atoms with Crippen molar-refractivity contribution >= 4 is 39.8 Å². The molecule has 1 heterocycles. The van der Waals surface area contributed by atoms with Crippen LogP contribution in [0.15, 0.2) is 71.7 Å². The molecule has 3 aromatic rings. The Hall–Kier alpha value is -4.18. The lowest BCUT2D eigenvalue weighted by Crippen LogP contribution is -2.21. The summed E-state index contributed by atoms with van der Waals surface area (Å²) >= 11 is 1.28. The van der Waals surface area contributed by atoms with Gasteiger partial charge < -0.3 is 9.46 Å². The lowest BCUT2D eigenvalue weighted by molar-refractivity contribution is -0.385. The van der Waals surface area contributed by atoms with E-state index in [1.165, 1.54) is 30.1 Å². The summed E-state index contributed by atoms with van der Waals surface area (Å²) < 4.78 is 8.47. The fraction of sp³-hybridized carbons (Fsp3) is 0.0870. The van der Waals surface area contributed by atoms with Crippen LogP contribution in [0, 0.1) is 27.2 Å². The van der Waals surface area contributed by atoms with Crippen LogP contribution in [0.25, 0.3) is 10.6 Å². The van der Waals surface area contributed by atoms with E-state index in [-0.39, 0.29) is 11.4 Å². The summed E-state index contributed by atoms with van der Waals surface area (Å²) in [5.41, 5.74) is 3.11. The van der Waals surface area contributed by atoms with Crippen LogP contribution in [0.2, 0.25) is 0 Å². The molecule has 1 N–H and O–H groups in total. The first-order chi connectivity index (χ1) is 15.9. The zero-order chi connectivity index (χ0) is 23.5. The first kappa shape index (κ1) is 22.0. The first-order valence-electron chi connectivity index (χ1n) is 9.78. The van der Waals surface area contributed by atoms with Gasteiger partial charge in [0.15, 0.2) is 0 Å². The van der Waals surface area contributed by atoms with E-state index in [0.29, 0.717) is 28.4 Å². The molecule has 9 nitrogen and oxygen atoms in total.